The molecule has 2 N–H and O–H groups in total. The minimum Gasteiger partial charge on any atom is -0.394 e. The molecule has 0 aliphatic heterocycles. The fraction of sp³-hybridized carbons (Fsp3) is 0.438. The first-order valence-corrected chi connectivity index (χ1v) is 7.11. The van der Waals surface area contributed by atoms with Gasteiger partial charge in [0.15, 0.2) is 0 Å². The molecule has 1 heterocycles. The van der Waals surface area contributed by atoms with Crippen LogP contribution in [0.4, 0.5) is 0 Å². The highest BCUT2D eigenvalue weighted by atomic mass is 16.3. The molecule has 0 aliphatic carbocycles. The van der Waals surface area contributed by atoms with Crippen LogP contribution in [0.5, 0.6) is 0 Å². The average Bonchev–Trinajstić information content (AvgIpc) is 2.95. The van der Waals surface area contributed by atoms with Gasteiger partial charge in [0.05, 0.1) is 6.61 Å². The second-order valence-corrected chi connectivity index (χ2v) is 5.31. The van der Waals surface area contributed by atoms with Crippen LogP contribution in [-0.2, 0) is 6.54 Å². The summed E-state index contributed by atoms with van der Waals surface area (Å²) >= 11 is 0. The number of aryl methyl sites for hydroxylation is 1. The lowest BCUT2D eigenvalue weighted by Crippen LogP contribution is -2.46. The molecule has 0 radical (unpaired) electrons. The highest BCUT2D eigenvalue weighted by Gasteiger charge is 2.22. The van der Waals surface area contributed by atoms with E-state index in [0.717, 1.165) is 30.9 Å². The van der Waals surface area contributed by atoms with Crippen molar-refractivity contribution in [1.82, 2.24) is 14.9 Å². The maximum atomic E-state index is 9.54. The minimum absolute atomic E-state index is 0.135. The standard InChI is InChI=1S/C16H23N3O/c1-3-18-16(2,13-20)9-11-19-12-10-17-15(19)14-7-5-4-6-8-14/h4-8,10,12,18,20H,3,9,11,13H2,1-2H3. The zero-order valence-electron chi connectivity index (χ0n) is 12.2. The Bertz CT molecular complexity index is 524. The molecule has 108 valence electrons. The summed E-state index contributed by atoms with van der Waals surface area (Å²) in [5.41, 5.74) is 0.874. The Labute approximate surface area is 120 Å². The second-order valence-electron chi connectivity index (χ2n) is 5.31. The summed E-state index contributed by atoms with van der Waals surface area (Å²) < 4.78 is 2.14. The van der Waals surface area contributed by atoms with Crippen LogP contribution in [0.25, 0.3) is 11.4 Å². The predicted octanol–water partition coefficient (Wildman–Crippen LogP) is 2.30. The van der Waals surface area contributed by atoms with Gasteiger partial charge in [0, 0.05) is 30.0 Å². The van der Waals surface area contributed by atoms with E-state index in [0.29, 0.717) is 0 Å². The van der Waals surface area contributed by atoms with Crippen molar-refractivity contribution in [3.8, 4) is 11.4 Å². The summed E-state index contributed by atoms with van der Waals surface area (Å²) in [7, 11) is 0. The van der Waals surface area contributed by atoms with E-state index in [1.165, 1.54) is 0 Å². The molecule has 2 rings (SSSR count). The maximum absolute atomic E-state index is 9.54. The third-order valence-electron chi connectivity index (χ3n) is 3.60. The van der Waals surface area contributed by atoms with Crippen LogP contribution in [0.2, 0.25) is 0 Å². The van der Waals surface area contributed by atoms with E-state index in [-0.39, 0.29) is 12.1 Å². The molecule has 20 heavy (non-hydrogen) atoms. The Morgan fingerprint density at radius 2 is 2.05 bits per heavy atom. The third kappa shape index (κ3) is 3.46. The molecule has 1 aromatic heterocycles. The normalized spacial score (nSPS) is 14.2. The van der Waals surface area contributed by atoms with Gasteiger partial charge < -0.3 is 15.0 Å². The van der Waals surface area contributed by atoms with Gasteiger partial charge in [-0.2, -0.15) is 0 Å². The van der Waals surface area contributed by atoms with Crippen molar-refractivity contribution in [2.24, 2.45) is 0 Å². The van der Waals surface area contributed by atoms with Gasteiger partial charge in [-0.1, -0.05) is 37.3 Å². The molecule has 0 aliphatic rings. The number of aromatic nitrogens is 2. The zero-order valence-corrected chi connectivity index (χ0v) is 12.2. The molecule has 0 fully saturated rings. The van der Waals surface area contributed by atoms with Crippen molar-refractivity contribution >= 4 is 0 Å². The Morgan fingerprint density at radius 1 is 1.30 bits per heavy atom. The fourth-order valence-corrected chi connectivity index (χ4v) is 2.35. The molecule has 4 nitrogen and oxygen atoms in total. The summed E-state index contributed by atoms with van der Waals surface area (Å²) in [5, 5.41) is 12.9. The molecule has 1 atom stereocenters. The molecule has 0 saturated carbocycles. The van der Waals surface area contributed by atoms with Gasteiger partial charge >= 0.3 is 0 Å². The monoisotopic (exact) mass is 273 g/mol. The number of imidazole rings is 1. The molecule has 0 bridgehead atoms. The summed E-state index contributed by atoms with van der Waals surface area (Å²) in [6.45, 7) is 5.92. The van der Waals surface area contributed by atoms with E-state index in [1.54, 1.807) is 0 Å². The number of hydrogen-bond acceptors (Lipinski definition) is 3. The minimum atomic E-state index is -0.243. The topological polar surface area (TPSA) is 50.1 Å². The van der Waals surface area contributed by atoms with Crippen molar-refractivity contribution < 1.29 is 5.11 Å². The van der Waals surface area contributed by atoms with E-state index in [1.807, 2.05) is 30.6 Å². The van der Waals surface area contributed by atoms with Crippen LogP contribution in [0.15, 0.2) is 42.7 Å². The summed E-state index contributed by atoms with van der Waals surface area (Å²) in [5.74, 6) is 0.974. The van der Waals surface area contributed by atoms with Gasteiger partial charge in [-0.05, 0) is 19.9 Å². The van der Waals surface area contributed by atoms with Gasteiger partial charge in [-0.15, -0.1) is 0 Å². The number of aliphatic hydroxyl groups is 1. The van der Waals surface area contributed by atoms with E-state index in [4.69, 9.17) is 0 Å². The van der Waals surface area contributed by atoms with Crippen LogP contribution in [0.3, 0.4) is 0 Å². The lowest BCUT2D eigenvalue weighted by atomic mass is 9.99. The van der Waals surface area contributed by atoms with Gasteiger partial charge in [0.2, 0.25) is 0 Å². The van der Waals surface area contributed by atoms with Crippen LogP contribution >= 0.6 is 0 Å². The summed E-state index contributed by atoms with van der Waals surface area (Å²) in [6, 6.07) is 10.2. The number of hydrogen-bond donors (Lipinski definition) is 2. The van der Waals surface area contributed by atoms with Crippen LogP contribution < -0.4 is 5.32 Å². The van der Waals surface area contributed by atoms with Crippen molar-refractivity contribution in [3.05, 3.63) is 42.7 Å². The number of aliphatic hydroxyl groups excluding tert-OH is 1. The van der Waals surface area contributed by atoms with Gasteiger partial charge in [0.1, 0.15) is 5.82 Å². The first-order chi connectivity index (χ1) is 9.68. The van der Waals surface area contributed by atoms with Crippen molar-refractivity contribution in [3.63, 3.8) is 0 Å². The molecular formula is C16H23N3O. The van der Waals surface area contributed by atoms with Crippen LogP contribution in [0, 0.1) is 0 Å². The number of benzene rings is 1. The number of rotatable bonds is 7. The van der Waals surface area contributed by atoms with Gasteiger partial charge in [0.25, 0.3) is 0 Å². The third-order valence-corrected chi connectivity index (χ3v) is 3.60. The van der Waals surface area contributed by atoms with Crippen LogP contribution in [-0.4, -0.2) is 33.3 Å². The first kappa shape index (κ1) is 14.8. The highest BCUT2D eigenvalue weighted by molar-refractivity contribution is 5.55. The average molecular weight is 273 g/mol. The molecule has 4 heteroatoms. The number of likely N-dealkylation sites (N-methyl/N-ethyl adjacent to an activating group) is 1. The zero-order chi connectivity index (χ0) is 14.4. The summed E-state index contributed by atoms with van der Waals surface area (Å²) in [4.78, 5) is 4.44. The second kappa shape index (κ2) is 6.68. The molecule has 2 aromatic rings. The maximum Gasteiger partial charge on any atom is 0.139 e. The Balaban J connectivity index is 2.10. The van der Waals surface area contributed by atoms with Crippen molar-refractivity contribution in [2.75, 3.05) is 13.2 Å². The predicted molar refractivity (Wildman–Crippen MR) is 81.4 cm³/mol. The molecular weight excluding hydrogens is 250 g/mol. The van der Waals surface area contributed by atoms with Gasteiger partial charge in [-0.25, -0.2) is 4.98 Å². The highest BCUT2D eigenvalue weighted by Crippen LogP contribution is 2.19. The smallest absolute Gasteiger partial charge is 0.139 e. The van der Waals surface area contributed by atoms with Crippen molar-refractivity contribution in [1.29, 1.82) is 0 Å². The fourth-order valence-electron chi connectivity index (χ4n) is 2.35. The Morgan fingerprint density at radius 3 is 2.70 bits per heavy atom. The van der Waals surface area contributed by atoms with Crippen molar-refractivity contribution in [2.45, 2.75) is 32.4 Å². The van der Waals surface area contributed by atoms with E-state index in [2.05, 4.69) is 40.8 Å². The van der Waals surface area contributed by atoms with E-state index < -0.39 is 0 Å². The molecule has 0 spiro atoms. The SMILES string of the molecule is CCNC(C)(CO)CCn1ccnc1-c1ccccc1. The summed E-state index contributed by atoms with van der Waals surface area (Å²) in [6.07, 6.45) is 4.67. The lowest BCUT2D eigenvalue weighted by molar-refractivity contribution is 0.163. The van der Waals surface area contributed by atoms with Gasteiger partial charge in [-0.3, -0.25) is 0 Å². The quantitative estimate of drug-likeness (QED) is 0.814. The Hall–Kier alpha value is -1.65. The van der Waals surface area contributed by atoms with E-state index in [9.17, 15) is 5.11 Å². The molecule has 1 unspecified atom stereocenters. The van der Waals surface area contributed by atoms with Crippen LogP contribution in [0.1, 0.15) is 20.3 Å². The lowest BCUT2D eigenvalue weighted by Gasteiger charge is -2.28. The molecule has 1 aromatic carbocycles. The Kier molecular flexibility index (Phi) is 4.93. The number of nitrogens with zero attached hydrogens (tertiary/aromatic N) is 2. The largest absolute Gasteiger partial charge is 0.394 e. The number of nitrogens with one attached hydrogen (secondary N) is 1. The molecule has 0 amide bonds. The molecule has 0 saturated heterocycles. The first-order valence-electron chi connectivity index (χ1n) is 7.11. The van der Waals surface area contributed by atoms with E-state index >= 15 is 0 Å².